The van der Waals surface area contributed by atoms with Crippen LogP contribution >= 0.6 is 0 Å². The molecular weight excluding hydrogens is 731 g/mol. The molecule has 1 N–H and O–H groups in total. The zero-order valence-corrected chi connectivity index (χ0v) is 34.0. The van der Waals surface area contributed by atoms with Crippen molar-refractivity contribution in [1.82, 2.24) is 15.0 Å². The molecule has 55 heavy (non-hydrogen) atoms. The average molecular weight is 780 g/mol. The van der Waals surface area contributed by atoms with Crippen molar-refractivity contribution < 1.29 is 27.2 Å². The number of nitrogens with zero attached hydrogens (tertiary/aromatic N) is 2. The number of benzene rings is 3. The summed E-state index contributed by atoms with van der Waals surface area (Å²) in [5.74, 6) is 11.8. The molecule has 1 saturated heterocycles. The number of ether oxygens (including phenoxy) is 1. The fraction of sp³-hybridized carbons (Fsp3) is 0.419. The number of amides is 1. The van der Waals surface area contributed by atoms with E-state index < -0.39 is 35.1 Å². The van der Waals surface area contributed by atoms with Gasteiger partial charge in [0.15, 0.2) is 20.9 Å². The van der Waals surface area contributed by atoms with Crippen molar-refractivity contribution in [3.8, 4) is 23.7 Å². The van der Waals surface area contributed by atoms with Crippen LogP contribution in [0.3, 0.4) is 0 Å². The molecule has 2 unspecified atom stereocenters. The Balaban J connectivity index is 1.14. The first kappa shape index (κ1) is 40.1. The molecule has 1 aromatic heterocycles. The second-order valence-corrected chi connectivity index (χ2v) is 22.6. The minimum absolute atomic E-state index is 0.0582. The topological polar surface area (TPSA) is 126 Å². The fourth-order valence-electron chi connectivity index (χ4n) is 6.96. The van der Waals surface area contributed by atoms with Crippen molar-refractivity contribution in [2.45, 2.75) is 88.8 Å². The van der Waals surface area contributed by atoms with Gasteiger partial charge in [-0.25, -0.2) is 23.7 Å². The third kappa shape index (κ3) is 8.80. The summed E-state index contributed by atoms with van der Waals surface area (Å²) in [7, 11) is -6.59. The molecule has 6 rings (SSSR count). The van der Waals surface area contributed by atoms with Crippen LogP contribution in [-0.2, 0) is 35.2 Å². The Morgan fingerprint density at radius 2 is 1.67 bits per heavy atom. The molecule has 4 aromatic rings. The largest absolute Gasteiger partial charge is 0.406 e. The van der Waals surface area contributed by atoms with Crippen LogP contribution in [0.15, 0.2) is 90.0 Å². The van der Waals surface area contributed by atoms with Crippen LogP contribution in [0.1, 0.15) is 71.8 Å². The lowest BCUT2D eigenvalue weighted by Gasteiger charge is -2.43. The van der Waals surface area contributed by atoms with E-state index in [9.17, 15) is 18.0 Å². The van der Waals surface area contributed by atoms with E-state index in [1.54, 1.807) is 18.2 Å². The van der Waals surface area contributed by atoms with Gasteiger partial charge in [-0.3, -0.25) is 14.2 Å². The summed E-state index contributed by atoms with van der Waals surface area (Å²) >= 11 is 0. The highest BCUT2D eigenvalue weighted by molar-refractivity contribution is 7.92. The van der Waals surface area contributed by atoms with E-state index in [-0.39, 0.29) is 29.0 Å². The number of carbonyl (C=O) groups is 1. The lowest BCUT2D eigenvalue weighted by molar-refractivity contribution is -0.201. The normalized spacial score (nSPS) is 17.9. The molecule has 2 aliphatic rings. The zero-order valence-electron chi connectivity index (χ0n) is 32.2. The maximum Gasteiger partial charge on any atom is 0.264 e. The summed E-state index contributed by atoms with van der Waals surface area (Å²) in [4.78, 5) is 36.3. The Labute approximate surface area is 325 Å². The minimum Gasteiger partial charge on any atom is -0.406 e. The SMILES string of the molecule is CC(C)(C)[Si](OCC1(C#CC#Cc2ccc3c(=O)n(CCC(C)(C(=O)NOC4CCCCO4)S(C)(=O)=O)cnc3c2)CC1)(c1ccccc1)c1ccccc1. The predicted molar refractivity (Wildman–Crippen MR) is 217 cm³/mol. The number of rotatable bonds is 12. The highest BCUT2D eigenvalue weighted by Gasteiger charge is 2.53. The summed E-state index contributed by atoms with van der Waals surface area (Å²) in [6.45, 7) is 9.10. The molecule has 10 nitrogen and oxygen atoms in total. The molecule has 0 bridgehead atoms. The number of sulfone groups is 1. The molecule has 2 heterocycles. The number of hydroxylamine groups is 1. The van der Waals surface area contributed by atoms with Crippen molar-refractivity contribution >= 4 is 45.3 Å². The van der Waals surface area contributed by atoms with Gasteiger partial charge in [-0.15, -0.1) is 0 Å². The summed E-state index contributed by atoms with van der Waals surface area (Å²) in [6.07, 6.45) is 5.81. The quantitative estimate of drug-likeness (QED) is 0.123. The van der Waals surface area contributed by atoms with Gasteiger partial charge in [0, 0.05) is 31.4 Å². The van der Waals surface area contributed by atoms with E-state index in [1.807, 2.05) is 12.1 Å². The number of hydrogen-bond donors (Lipinski definition) is 1. The van der Waals surface area contributed by atoms with Gasteiger partial charge in [0.2, 0.25) is 0 Å². The second-order valence-electron chi connectivity index (χ2n) is 15.8. The second kappa shape index (κ2) is 16.3. The molecule has 288 valence electrons. The molecule has 0 spiro atoms. The van der Waals surface area contributed by atoms with Gasteiger partial charge in [-0.1, -0.05) is 93.3 Å². The molecule has 2 fully saturated rings. The first-order valence-electron chi connectivity index (χ1n) is 18.7. The van der Waals surface area contributed by atoms with E-state index in [0.29, 0.717) is 36.1 Å². The number of nitrogens with one attached hydrogen (secondary N) is 1. The van der Waals surface area contributed by atoms with Crippen molar-refractivity contribution in [2.24, 2.45) is 5.41 Å². The van der Waals surface area contributed by atoms with Crippen LogP contribution in [0.5, 0.6) is 0 Å². The van der Waals surface area contributed by atoms with E-state index >= 15 is 0 Å². The molecule has 3 aromatic carbocycles. The van der Waals surface area contributed by atoms with Crippen molar-refractivity contribution in [2.75, 3.05) is 19.5 Å². The van der Waals surface area contributed by atoms with Gasteiger partial charge in [0.05, 0.1) is 29.3 Å². The predicted octanol–water partition coefficient (Wildman–Crippen LogP) is 4.88. The Morgan fingerprint density at radius 1 is 1.00 bits per heavy atom. The molecule has 2 atom stereocenters. The number of fused-ring (bicyclic) bond motifs is 1. The third-order valence-electron chi connectivity index (χ3n) is 10.8. The smallest absolute Gasteiger partial charge is 0.264 e. The Hall–Kier alpha value is -4.56. The molecular formula is C43H49N3O7SSi. The Morgan fingerprint density at radius 3 is 2.25 bits per heavy atom. The summed E-state index contributed by atoms with van der Waals surface area (Å²) in [5.41, 5.74) is 2.77. The fourth-order valence-corrected chi connectivity index (χ4v) is 12.4. The number of aromatic nitrogens is 2. The van der Waals surface area contributed by atoms with Crippen LogP contribution in [0.25, 0.3) is 10.9 Å². The first-order valence-corrected chi connectivity index (χ1v) is 22.5. The van der Waals surface area contributed by atoms with Crippen molar-refractivity contribution in [3.05, 3.63) is 101 Å². The highest BCUT2D eigenvalue weighted by atomic mass is 32.2. The third-order valence-corrected chi connectivity index (χ3v) is 17.8. The van der Waals surface area contributed by atoms with Gasteiger partial charge < -0.3 is 9.16 Å². The van der Waals surface area contributed by atoms with E-state index in [4.69, 9.17) is 14.0 Å². The lowest BCUT2D eigenvalue weighted by atomic mass is 10.1. The zero-order chi connectivity index (χ0) is 39.3. The van der Waals surface area contributed by atoms with Crippen LogP contribution in [-0.4, -0.2) is 62.7 Å². The lowest BCUT2D eigenvalue weighted by Crippen LogP contribution is -2.67. The van der Waals surface area contributed by atoms with Gasteiger partial charge in [-0.2, -0.15) is 0 Å². The number of aryl methyl sites for hydroxylation is 1. The minimum atomic E-state index is -3.90. The number of carbonyl (C=O) groups excluding carboxylic acids is 1. The first-order chi connectivity index (χ1) is 26.2. The van der Waals surface area contributed by atoms with Gasteiger partial charge in [0.25, 0.3) is 19.8 Å². The summed E-state index contributed by atoms with van der Waals surface area (Å²) in [5, 5.41) is 2.69. The molecule has 12 heteroatoms. The number of hydrogen-bond acceptors (Lipinski definition) is 8. The van der Waals surface area contributed by atoms with Gasteiger partial charge in [0.1, 0.15) is 0 Å². The summed E-state index contributed by atoms with van der Waals surface area (Å²) < 4.78 is 37.7. The van der Waals surface area contributed by atoms with Crippen molar-refractivity contribution in [3.63, 3.8) is 0 Å². The Kier molecular flexibility index (Phi) is 11.9. The standard InChI is InChI=1S/C43H49N3O7SSi/c1-41(2,3)55(34-17-8-6-9-18-34,35-19-10-7-11-20-35)52-31-43(25-26-43)24-14-12-16-33-22-23-36-37(30-33)44-32-46(39(36)47)28-27-42(4,54(5,49)50)40(48)45-53-38-21-13-15-29-51-38/h6-11,17-20,22-23,30,32,38H,13,15,21,25-29,31H2,1-5H3,(H,45,48). The average Bonchev–Trinajstić information content (AvgIpc) is 3.95. The van der Waals surface area contributed by atoms with E-state index in [0.717, 1.165) is 31.9 Å². The van der Waals surface area contributed by atoms with Gasteiger partial charge >= 0.3 is 0 Å². The summed E-state index contributed by atoms with van der Waals surface area (Å²) in [6, 6.07) is 26.3. The molecule has 0 radical (unpaired) electrons. The monoisotopic (exact) mass is 779 g/mol. The van der Waals surface area contributed by atoms with Crippen molar-refractivity contribution in [1.29, 1.82) is 0 Å². The molecule has 1 aliphatic carbocycles. The highest BCUT2D eigenvalue weighted by Crippen LogP contribution is 2.47. The van der Waals surface area contributed by atoms with Crippen LogP contribution in [0.2, 0.25) is 5.04 Å². The Bertz CT molecular complexity index is 2270. The maximum absolute atomic E-state index is 13.4. The van der Waals surface area contributed by atoms with Crippen LogP contribution < -0.4 is 21.4 Å². The van der Waals surface area contributed by atoms with E-state index in [2.05, 4.69) is 103 Å². The molecule has 1 amide bonds. The van der Waals surface area contributed by atoms with Crippen LogP contribution in [0.4, 0.5) is 0 Å². The van der Waals surface area contributed by atoms with Crippen LogP contribution in [0, 0.1) is 29.1 Å². The molecule has 1 aliphatic heterocycles. The van der Waals surface area contributed by atoms with E-state index in [1.165, 1.54) is 28.2 Å². The van der Waals surface area contributed by atoms with Gasteiger partial charge in [-0.05, 0) is 84.5 Å². The maximum atomic E-state index is 13.4. The molecule has 1 saturated carbocycles.